The molecule has 0 atom stereocenters. The molecule has 2 rings (SSSR count). The van der Waals surface area contributed by atoms with Gasteiger partial charge >= 0.3 is 5.97 Å². The Morgan fingerprint density at radius 2 is 2.04 bits per heavy atom. The quantitative estimate of drug-likeness (QED) is 0.548. The van der Waals surface area contributed by atoms with Crippen LogP contribution >= 0.6 is 0 Å². The number of hydrogen-bond acceptors (Lipinski definition) is 7. The predicted octanol–water partition coefficient (Wildman–Crippen LogP) is 2.21. The van der Waals surface area contributed by atoms with Gasteiger partial charge in [0.2, 0.25) is 5.71 Å². The van der Waals surface area contributed by atoms with Crippen molar-refractivity contribution in [2.45, 2.75) is 6.54 Å². The standard InChI is InChI=1S/C16H12N6O2/c17-7-13(8-18)21-22-15-6-12(16(23)24)3-4-14(15)20-10-11-2-1-5-19-9-11/h1-6,9,20,22H,10H2,(H,23,24). The number of pyridine rings is 1. The van der Waals surface area contributed by atoms with Gasteiger partial charge in [-0.05, 0) is 29.8 Å². The van der Waals surface area contributed by atoms with Crippen LogP contribution in [0.15, 0.2) is 47.8 Å². The second-order valence-electron chi connectivity index (χ2n) is 4.58. The number of carboxylic acids is 1. The van der Waals surface area contributed by atoms with E-state index in [1.807, 2.05) is 6.07 Å². The number of carboxylic acid groups (broad SMARTS) is 1. The lowest BCUT2D eigenvalue weighted by Crippen LogP contribution is -2.06. The molecule has 24 heavy (non-hydrogen) atoms. The van der Waals surface area contributed by atoms with Crippen LogP contribution in [-0.2, 0) is 6.54 Å². The summed E-state index contributed by atoms with van der Waals surface area (Å²) in [7, 11) is 0. The minimum absolute atomic E-state index is 0.0510. The molecule has 0 bridgehead atoms. The molecule has 0 radical (unpaired) electrons. The van der Waals surface area contributed by atoms with Gasteiger partial charge in [0.1, 0.15) is 12.1 Å². The van der Waals surface area contributed by atoms with Gasteiger partial charge in [-0.25, -0.2) is 4.79 Å². The molecule has 0 amide bonds. The fraction of sp³-hybridized carbons (Fsp3) is 0.0625. The Kier molecular flexibility index (Phi) is 5.43. The number of nitrogens with one attached hydrogen (secondary N) is 2. The van der Waals surface area contributed by atoms with E-state index >= 15 is 0 Å². The van der Waals surface area contributed by atoms with E-state index in [0.29, 0.717) is 17.9 Å². The molecule has 0 aliphatic carbocycles. The normalized spacial score (nSPS) is 9.25. The fourth-order valence-corrected chi connectivity index (χ4v) is 1.82. The molecule has 3 N–H and O–H groups in total. The fourth-order valence-electron chi connectivity index (χ4n) is 1.82. The van der Waals surface area contributed by atoms with Crippen molar-refractivity contribution in [2.24, 2.45) is 5.10 Å². The minimum atomic E-state index is -1.10. The Hall–Kier alpha value is -3.91. The van der Waals surface area contributed by atoms with Crippen LogP contribution in [0.1, 0.15) is 15.9 Å². The highest BCUT2D eigenvalue weighted by Gasteiger charge is 2.09. The largest absolute Gasteiger partial charge is 0.478 e. The molecule has 0 aliphatic heterocycles. The first kappa shape index (κ1) is 16.5. The number of hydrazone groups is 1. The third-order valence-corrected chi connectivity index (χ3v) is 2.97. The van der Waals surface area contributed by atoms with E-state index in [0.717, 1.165) is 5.56 Å². The first-order chi connectivity index (χ1) is 11.6. The molecule has 118 valence electrons. The Morgan fingerprint density at radius 3 is 2.67 bits per heavy atom. The van der Waals surface area contributed by atoms with Crippen molar-refractivity contribution in [1.82, 2.24) is 4.98 Å². The Labute approximate surface area is 137 Å². The predicted molar refractivity (Wildman–Crippen MR) is 87.2 cm³/mol. The third kappa shape index (κ3) is 4.29. The first-order valence-corrected chi connectivity index (χ1v) is 6.78. The average Bonchev–Trinajstić information content (AvgIpc) is 2.62. The highest BCUT2D eigenvalue weighted by molar-refractivity contribution is 6.10. The maximum absolute atomic E-state index is 11.1. The number of rotatable bonds is 6. The van der Waals surface area contributed by atoms with Gasteiger partial charge in [-0.2, -0.15) is 15.6 Å². The van der Waals surface area contributed by atoms with E-state index in [1.165, 1.54) is 12.1 Å². The number of aromatic nitrogens is 1. The van der Waals surface area contributed by atoms with Crippen LogP contribution in [0.3, 0.4) is 0 Å². The van der Waals surface area contributed by atoms with Gasteiger partial charge in [-0.15, -0.1) is 0 Å². The number of nitrogens with zero attached hydrogens (tertiary/aromatic N) is 4. The Balaban J connectivity index is 2.26. The summed E-state index contributed by atoms with van der Waals surface area (Å²) in [6, 6.07) is 11.3. The lowest BCUT2D eigenvalue weighted by molar-refractivity contribution is 0.0697. The van der Waals surface area contributed by atoms with E-state index in [-0.39, 0.29) is 11.3 Å². The van der Waals surface area contributed by atoms with Crippen LogP contribution in [-0.4, -0.2) is 21.8 Å². The number of nitriles is 2. The van der Waals surface area contributed by atoms with Crippen LogP contribution in [0.25, 0.3) is 0 Å². The van der Waals surface area contributed by atoms with Gasteiger partial charge in [0.15, 0.2) is 0 Å². The molecule has 0 spiro atoms. The summed E-state index contributed by atoms with van der Waals surface area (Å²) in [4.78, 5) is 15.1. The molecule has 0 saturated carbocycles. The van der Waals surface area contributed by atoms with E-state index in [2.05, 4.69) is 20.8 Å². The summed E-state index contributed by atoms with van der Waals surface area (Å²) < 4.78 is 0. The Bertz CT molecular complexity index is 833. The zero-order valence-corrected chi connectivity index (χ0v) is 12.4. The van der Waals surface area contributed by atoms with Crippen molar-refractivity contribution in [3.63, 3.8) is 0 Å². The summed E-state index contributed by atoms with van der Waals surface area (Å²) in [5.74, 6) is -1.10. The van der Waals surface area contributed by atoms with Gasteiger partial charge < -0.3 is 10.4 Å². The van der Waals surface area contributed by atoms with Gasteiger partial charge in [-0.3, -0.25) is 10.4 Å². The monoisotopic (exact) mass is 320 g/mol. The number of hydrogen-bond donors (Lipinski definition) is 3. The average molecular weight is 320 g/mol. The maximum Gasteiger partial charge on any atom is 0.335 e. The SMILES string of the molecule is N#CC(C#N)=NNc1cc(C(=O)O)ccc1NCc1cccnc1. The van der Waals surface area contributed by atoms with Crippen LogP contribution in [0.2, 0.25) is 0 Å². The molecule has 1 aromatic carbocycles. The molecule has 8 nitrogen and oxygen atoms in total. The maximum atomic E-state index is 11.1. The lowest BCUT2D eigenvalue weighted by Gasteiger charge is -2.12. The number of aromatic carboxylic acids is 1. The third-order valence-electron chi connectivity index (χ3n) is 2.97. The van der Waals surface area contributed by atoms with E-state index in [4.69, 9.17) is 15.6 Å². The molecular formula is C16H12N6O2. The van der Waals surface area contributed by atoms with Gasteiger partial charge in [0, 0.05) is 18.9 Å². The molecule has 0 saturated heterocycles. The number of benzene rings is 1. The van der Waals surface area contributed by atoms with E-state index < -0.39 is 5.97 Å². The zero-order chi connectivity index (χ0) is 17.4. The molecule has 0 fully saturated rings. The second-order valence-corrected chi connectivity index (χ2v) is 4.58. The molecule has 1 aromatic heterocycles. The molecule has 0 unspecified atom stereocenters. The van der Waals surface area contributed by atoms with Gasteiger partial charge in [0.05, 0.1) is 16.9 Å². The molecule has 1 heterocycles. The number of carbonyl (C=O) groups is 1. The highest BCUT2D eigenvalue weighted by atomic mass is 16.4. The number of anilines is 2. The topological polar surface area (TPSA) is 134 Å². The van der Waals surface area contributed by atoms with Crippen molar-refractivity contribution >= 4 is 23.1 Å². The van der Waals surface area contributed by atoms with Crippen LogP contribution in [0, 0.1) is 22.7 Å². The highest BCUT2D eigenvalue weighted by Crippen LogP contribution is 2.24. The lowest BCUT2D eigenvalue weighted by atomic mass is 10.1. The summed E-state index contributed by atoms with van der Waals surface area (Å²) in [6.45, 7) is 0.460. The van der Waals surface area contributed by atoms with Crippen molar-refractivity contribution in [3.8, 4) is 12.1 Å². The zero-order valence-electron chi connectivity index (χ0n) is 12.4. The molecule has 2 aromatic rings. The van der Waals surface area contributed by atoms with E-state index in [9.17, 15) is 4.79 Å². The minimum Gasteiger partial charge on any atom is -0.478 e. The van der Waals surface area contributed by atoms with Gasteiger partial charge in [0.25, 0.3) is 0 Å². The van der Waals surface area contributed by atoms with Crippen LogP contribution < -0.4 is 10.7 Å². The van der Waals surface area contributed by atoms with Crippen LogP contribution in [0.4, 0.5) is 11.4 Å². The van der Waals surface area contributed by atoms with Crippen molar-refractivity contribution < 1.29 is 9.90 Å². The van der Waals surface area contributed by atoms with Crippen molar-refractivity contribution in [3.05, 3.63) is 53.9 Å². The molecule has 0 aliphatic rings. The molecule has 8 heteroatoms. The summed E-state index contributed by atoms with van der Waals surface area (Å²) >= 11 is 0. The summed E-state index contributed by atoms with van der Waals surface area (Å²) in [6.07, 6.45) is 3.37. The van der Waals surface area contributed by atoms with Crippen LogP contribution in [0.5, 0.6) is 0 Å². The molecular weight excluding hydrogens is 308 g/mol. The van der Waals surface area contributed by atoms with E-state index in [1.54, 1.807) is 36.7 Å². The second kappa shape index (κ2) is 7.92. The first-order valence-electron chi connectivity index (χ1n) is 6.78. The summed E-state index contributed by atoms with van der Waals surface area (Å²) in [5.41, 5.74) is 4.07. The van der Waals surface area contributed by atoms with Crippen molar-refractivity contribution in [2.75, 3.05) is 10.7 Å². The smallest absolute Gasteiger partial charge is 0.335 e. The Morgan fingerprint density at radius 1 is 1.25 bits per heavy atom. The van der Waals surface area contributed by atoms with Crippen molar-refractivity contribution in [1.29, 1.82) is 10.5 Å². The van der Waals surface area contributed by atoms with Gasteiger partial charge in [-0.1, -0.05) is 6.07 Å². The summed E-state index contributed by atoms with van der Waals surface area (Å²) in [5, 5.41) is 33.3.